The van der Waals surface area contributed by atoms with Crippen LogP contribution in [0.1, 0.15) is 25.7 Å². The van der Waals surface area contributed by atoms with Gasteiger partial charge in [-0.15, -0.1) is 0 Å². The molecule has 1 aliphatic heterocycles. The van der Waals surface area contributed by atoms with E-state index >= 15 is 0 Å². The maximum Gasteiger partial charge on any atom is 0.236 e. The predicted molar refractivity (Wildman–Crippen MR) is 51.1 cm³/mol. The van der Waals surface area contributed by atoms with Gasteiger partial charge in [-0.2, -0.15) is 0 Å². The Morgan fingerprint density at radius 2 is 1.92 bits per heavy atom. The van der Waals surface area contributed by atoms with E-state index in [0.717, 1.165) is 24.9 Å². The zero-order chi connectivity index (χ0) is 9.26. The topological polar surface area (TPSA) is 46.3 Å². The van der Waals surface area contributed by atoms with E-state index in [1.165, 1.54) is 25.7 Å². The second kappa shape index (κ2) is 3.66. The number of carbonyl (C=O) groups excluding carboxylic acids is 1. The molecule has 2 N–H and O–H groups in total. The molecule has 1 saturated heterocycles. The molecule has 13 heavy (non-hydrogen) atoms. The molecule has 0 aromatic carbocycles. The van der Waals surface area contributed by atoms with E-state index in [1.54, 1.807) is 0 Å². The van der Waals surface area contributed by atoms with Crippen molar-refractivity contribution in [2.75, 3.05) is 19.6 Å². The fraction of sp³-hybridized carbons (Fsp3) is 0.900. The molecule has 74 valence electrons. The number of piperidine rings is 1. The number of likely N-dealkylation sites (tertiary alicyclic amines) is 1. The van der Waals surface area contributed by atoms with Gasteiger partial charge in [0.25, 0.3) is 0 Å². The van der Waals surface area contributed by atoms with Crippen LogP contribution in [0, 0.1) is 11.8 Å². The van der Waals surface area contributed by atoms with Gasteiger partial charge in [-0.3, -0.25) is 4.79 Å². The van der Waals surface area contributed by atoms with Gasteiger partial charge in [-0.05, 0) is 31.1 Å². The summed E-state index contributed by atoms with van der Waals surface area (Å²) in [5, 5.41) is 0. The molecule has 1 heterocycles. The highest BCUT2D eigenvalue weighted by Gasteiger charge is 2.31. The lowest BCUT2D eigenvalue weighted by Crippen LogP contribution is -2.47. The van der Waals surface area contributed by atoms with Crippen LogP contribution < -0.4 is 5.73 Å². The van der Waals surface area contributed by atoms with E-state index in [9.17, 15) is 4.79 Å². The van der Waals surface area contributed by atoms with Gasteiger partial charge in [0, 0.05) is 13.1 Å². The highest BCUT2D eigenvalue weighted by Crippen LogP contribution is 2.34. The Kier molecular flexibility index (Phi) is 2.54. The molecule has 0 aromatic rings. The van der Waals surface area contributed by atoms with Gasteiger partial charge in [0.05, 0.1) is 6.54 Å². The van der Waals surface area contributed by atoms with Crippen LogP contribution in [0.5, 0.6) is 0 Å². The fourth-order valence-corrected chi connectivity index (χ4v) is 2.76. The van der Waals surface area contributed by atoms with E-state index < -0.39 is 0 Å². The Labute approximate surface area is 79.3 Å². The van der Waals surface area contributed by atoms with Crippen molar-refractivity contribution in [2.45, 2.75) is 25.7 Å². The molecule has 2 fully saturated rings. The fourth-order valence-electron chi connectivity index (χ4n) is 2.76. The van der Waals surface area contributed by atoms with E-state index in [2.05, 4.69) is 0 Å². The lowest BCUT2D eigenvalue weighted by Gasteiger charge is -2.41. The number of nitrogens with zero attached hydrogens (tertiary/aromatic N) is 1. The molecule has 1 amide bonds. The third kappa shape index (κ3) is 1.85. The summed E-state index contributed by atoms with van der Waals surface area (Å²) < 4.78 is 0. The van der Waals surface area contributed by atoms with Crippen molar-refractivity contribution >= 4 is 5.91 Å². The number of nitrogens with two attached hydrogens (primary N) is 1. The van der Waals surface area contributed by atoms with E-state index in [-0.39, 0.29) is 12.5 Å². The molecule has 1 aliphatic carbocycles. The van der Waals surface area contributed by atoms with Crippen molar-refractivity contribution in [2.24, 2.45) is 17.6 Å². The van der Waals surface area contributed by atoms with Crippen LogP contribution in [0.2, 0.25) is 0 Å². The summed E-state index contributed by atoms with van der Waals surface area (Å²) in [7, 11) is 0. The highest BCUT2D eigenvalue weighted by molar-refractivity contribution is 5.78. The molecular formula is C10H18N2O. The van der Waals surface area contributed by atoms with Gasteiger partial charge in [-0.1, -0.05) is 6.42 Å². The molecule has 3 nitrogen and oxygen atoms in total. The summed E-state index contributed by atoms with van der Waals surface area (Å²) in [6, 6.07) is 0. The summed E-state index contributed by atoms with van der Waals surface area (Å²) in [4.78, 5) is 13.4. The van der Waals surface area contributed by atoms with Gasteiger partial charge in [0.2, 0.25) is 5.91 Å². The third-order valence-corrected chi connectivity index (χ3v) is 3.38. The first kappa shape index (κ1) is 9.00. The van der Waals surface area contributed by atoms with Crippen LogP contribution in [0.3, 0.4) is 0 Å². The van der Waals surface area contributed by atoms with Crippen LogP contribution in [-0.4, -0.2) is 30.4 Å². The number of hydrogen-bond donors (Lipinski definition) is 1. The average molecular weight is 182 g/mol. The number of amides is 1. The molecule has 0 radical (unpaired) electrons. The largest absolute Gasteiger partial charge is 0.341 e. The zero-order valence-corrected chi connectivity index (χ0v) is 8.04. The van der Waals surface area contributed by atoms with Crippen LogP contribution in [0.4, 0.5) is 0 Å². The zero-order valence-electron chi connectivity index (χ0n) is 8.04. The molecule has 0 spiro atoms. The standard InChI is InChI=1S/C10H18N2O/c11-5-10(13)12-6-8-2-1-3-9(4-8)7-12/h8-9H,1-7,11H2. The molecule has 2 rings (SSSR count). The maximum atomic E-state index is 11.4. The predicted octanol–water partition coefficient (Wildman–Crippen LogP) is 0.594. The highest BCUT2D eigenvalue weighted by atomic mass is 16.2. The first-order valence-electron chi connectivity index (χ1n) is 5.27. The minimum absolute atomic E-state index is 0.136. The quantitative estimate of drug-likeness (QED) is 0.645. The Morgan fingerprint density at radius 3 is 2.46 bits per heavy atom. The molecule has 2 unspecified atom stereocenters. The first-order chi connectivity index (χ1) is 6.29. The summed E-state index contributed by atoms with van der Waals surface area (Å²) in [5.41, 5.74) is 5.36. The van der Waals surface area contributed by atoms with Crippen LogP contribution in [0.25, 0.3) is 0 Å². The van der Waals surface area contributed by atoms with Crippen LogP contribution >= 0.6 is 0 Å². The summed E-state index contributed by atoms with van der Waals surface area (Å²) in [5.74, 6) is 1.67. The second-order valence-electron chi connectivity index (χ2n) is 4.40. The van der Waals surface area contributed by atoms with Crippen molar-refractivity contribution in [3.63, 3.8) is 0 Å². The number of hydrogen-bond acceptors (Lipinski definition) is 2. The average Bonchev–Trinajstić information content (AvgIpc) is 2.16. The Morgan fingerprint density at radius 1 is 1.31 bits per heavy atom. The Balaban J connectivity index is 1.97. The normalized spacial score (nSPS) is 33.2. The monoisotopic (exact) mass is 182 g/mol. The minimum Gasteiger partial charge on any atom is -0.341 e. The van der Waals surface area contributed by atoms with Crippen LogP contribution in [-0.2, 0) is 4.79 Å². The SMILES string of the molecule is NCC(=O)N1CC2CCCC(C2)C1. The van der Waals surface area contributed by atoms with E-state index in [1.807, 2.05) is 4.90 Å². The lowest BCUT2D eigenvalue weighted by molar-refractivity contribution is -0.133. The molecule has 0 aromatic heterocycles. The molecule has 3 heteroatoms. The molecular weight excluding hydrogens is 164 g/mol. The second-order valence-corrected chi connectivity index (χ2v) is 4.40. The number of rotatable bonds is 1. The Bertz CT molecular complexity index is 193. The smallest absolute Gasteiger partial charge is 0.236 e. The van der Waals surface area contributed by atoms with Crippen molar-refractivity contribution in [3.05, 3.63) is 0 Å². The van der Waals surface area contributed by atoms with Gasteiger partial charge in [0.15, 0.2) is 0 Å². The molecule has 2 bridgehead atoms. The molecule has 1 saturated carbocycles. The summed E-state index contributed by atoms with van der Waals surface area (Å²) in [6.45, 7) is 2.11. The minimum atomic E-state index is 0.136. The van der Waals surface area contributed by atoms with Gasteiger partial charge in [0.1, 0.15) is 0 Å². The van der Waals surface area contributed by atoms with Gasteiger partial charge in [-0.25, -0.2) is 0 Å². The maximum absolute atomic E-state index is 11.4. The third-order valence-electron chi connectivity index (χ3n) is 3.38. The van der Waals surface area contributed by atoms with E-state index in [4.69, 9.17) is 5.73 Å². The summed E-state index contributed by atoms with van der Waals surface area (Å²) >= 11 is 0. The number of carbonyl (C=O) groups is 1. The van der Waals surface area contributed by atoms with Crippen molar-refractivity contribution in [3.8, 4) is 0 Å². The molecule has 2 aliphatic rings. The van der Waals surface area contributed by atoms with Crippen molar-refractivity contribution in [1.29, 1.82) is 0 Å². The summed E-state index contributed by atoms with van der Waals surface area (Å²) in [6.07, 6.45) is 5.32. The Hall–Kier alpha value is -0.570. The van der Waals surface area contributed by atoms with Gasteiger partial charge < -0.3 is 10.6 Å². The number of fused-ring (bicyclic) bond motifs is 2. The van der Waals surface area contributed by atoms with Crippen molar-refractivity contribution < 1.29 is 4.79 Å². The lowest BCUT2D eigenvalue weighted by atomic mass is 9.78. The first-order valence-corrected chi connectivity index (χ1v) is 5.27. The van der Waals surface area contributed by atoms with Crippen molar-refractivity contribution in [1.82, 2.24) is 4.90 Å². The molecule has 2 atom stereocenters. The van der Waals surface area contributed by atoms with Gasteiger partial charge >= 0.3 is 0 Å². The van der Waals surface area contributed by atoms with Crippen LogP contribution in [0.15, 0.2) is 0 Å². The van der Waals surface area contributed by atoms with E-state index in [0.29, 0.717) is 0 Å².